The second-order valence-corrected chi connectivity index (χ2v) is 6.71. The standard InChI is InChI=1S/C17H13Cl2NOS.BrH/c18-14-6-5-12(9-15(14)19)16(21)10-22-17-13-4-2-1-3-11(13)7-8-20-17;/h1-6,9H,7-8,10H2;1H. The molecule has 0 amide bonds. The van der Waals surface area contributed by atoms with Gasteiger partial charge in [-0.3, -0.25) is 9.79 Å². The van der Waals surface area contributed by atoms with E-state index in [-0.39, 0.29) is 22.8 Å². The highest BCUT2D eigenvalue weighted by molar-refractivity contribution is 8.93. The van der Waals surface area contributed by atoms with E-state index in [2.05, 4.69) is 17.1 Å². The van der Waals surface area contributed by atoms with E-state index in [0.717, 1.165) is 23.6 Å². The molecule has 1 aliphatic heterocycles. The van der Waals surface area contributed by atoms with Crippen molar-refractivity contribution in [1.29, 1.82) is 0 Å². The van der Waals surface area contributed by atoms with E-state index in [1.54, 1.807) is 18.2 Å². The number of carbonyl (C=O) groups excluding carboxylic acids is 1. The van der Waals surface area contributed by atoms with Crippen LogP contribution in [0.4, 0.5) is 0 Å². The van der Waals surface area contributed by atoms with Crippen LogP contribution in [0.15, 0.2) is 47.5 Å². The average molecular weight is 431 g/mol. The molecule has 0 aliphatic carbocycles. The molecule has 6 heteroatoms. The Kier molecular flexibility index (Phi) is 6.72. The fourth-order valence-electron chi connectivity index (χ4n) is 2.32. The Morgan fingerprint density at radius 1 is 1.13 bits per heavy atom. The second-order valence-electron chi connectivity index (χ2n) is 4.93. The third-order valence-electron chi connectivity index (χ3n) is 3.47. The molecule has 2 aromatic rings. The Bertz CT molecular complexity index is 764. The van der Waals surface area contributed by atoms with E-state index in [4.69, 9.17) is 23.2 Å². The van der Waals surface area contributed by atoms with Gasteiger partial charge in [-0.25, -0.2) is 0 Å². The van der Waals surface area contributed by atoms with Gasteiger partial charge in [0.1, 0.15) is 0 Å². The zero-order valence-corrected chi connectivity index (χ0v) is 16.1. The maximum Gasteiger partial charge on any atom is 0.173 e. The minimum absolute atomic E-state index is 0. The maximum atomic E-state index is 12.3. The second kappa shape index (κ2) is 8.34. The molecule has 0 spiro atoms. The summed E-state index contributed by atoms with van der Waals surface area (Å²) in [5, 5.41) is 1.80. The number of halogens is 3. The van der Waals surface area contributed by atoms with Gasteiger partial charge >= 0.3 is 0 Å². The number of Topliss-reactive ketones (excluding diaryl/α,β-unsaturated/α-hetero) is 1. The van der Waals surface area contributed by atoms with E-state index in [1.807, 2.05) is 12.1 Å². The highest BCUT2D eigenvalue weighted by Gasteiger charge is 2.16. The van der Waals surface area contributed by atoms with Crippen LogP contribution in [0.1, 0.15) is 21.5 Å². The average Bonchev–Trinajstić information content (AvgIpc) is 2.55. The summed E-state index contributed by atoms with van der Waals surface area (Å²) in [7, 11) is 0. The molecular weight excluding hydrogens is 417 g/mol. The highest BCUT2D eigenvalue weighted by Crippen LogP contribution is 2.25. The lowest BCUT2D eigenvalue weighted by molar-refractivity contribution is 0.102. The van der Waals surface area contributed by atoms with E-state index in [0.29, 0.717) is 21.4 Å². The number of nitrogens with zero attached hydrogens (tertiary/aromatic N) is 1. The molecular formula is C17H14BrCl2NOS. The van der Waals surface area contributed by atoms with Gasteiger partial charge in [0, 0.05) is 17.7 Å². The van der Waals surface area contributed by atoms with E-state index < -0.39 is 0 Å². The first-order valence-electron chi connectivity index (χ1n) is 6.89. The lowest BCUT2D eigenvalue weighted by Gasteiger charge is -2.15. The number of fused-ring (bicyclic) bond motifs is 1. The van der Waals surface area contributed by atoms with Crippen LogP contribution >= 0.6 is 51.9 Å². The van der Waals surface area contributed by atoms with Gasteiger partial charge in [0.15, 0.2) is 5.78 Å². The smallest absolute Gasteiger partial charge is 0.173 e. The molecule has 0 bridgehead atoms. The van der Waals surface area contributed by atoms with Crippen LogP contribution < -0.4 is 0 Å². The molecule has 0 aromatic heterocycles. The molecule has 1 aliphatic rings. The number of hydrogen-bond donors (Lipinski definition) is 0. The number of rotatable bonds is 3. The largest absolute Gasteiger partial charge is 0.293 e. The van der Waals surface area contributed by atoms with Crippen LogP contribution in [0.5, 0.6) is 0 Å². The predicted molar refractivity (Wildman–Crippen MR) is 105 cm³/mol. The van der Waals surface area contributed by atoms with Gasteiger partial charge in [-0.1, -0.05) is 59.2 Å². The topological polar surface area (TPSA) is 29.4 Å². The van der Waals surface area contributed by atoms with Crippen LogP contribution in [0.25, 0.3) is 0 Å². The lowest BCUT2D eigenvalue weighted by Crippen LogP contribution is -2.12. The van der Waals surface area contributed by atoms with E-state index in [1.165, 1.54) is 17.3 Å². The van der Waals surface area contributed by atoms with Gasteiger partial charge in [-0.15, -0.1) is 17.0 Å². The Morgan fingerprint density at radius 2 is 1.91 bits per heavy atom. The van der Waals surface area contributed by atoms with Gasteiger partial charge in [0.2, 0.25) is 0 Å². The molecule has 0 radical (unpaired) electrons. The first-order chi connectivity index (χ1) is 10.6. The Labute approximate surface area is 160 Å². The molecule has 3 rings (SSSR count). The summed E-state index contributed by atoms with van der Waals surface area (Å²) in [5.41, 5.74) is 3.01. The minimum Gasteiger partial charge on any atom is -0.293 e. The molecule has 23 heavy (non-hydrogen) atoms. The van der Waals surface area contributed by atoms with Crippen LogP contribution in [0.3, 0.4) is 0 Å². The van der Waals surface area contributed by atoms with Crippen molar-refractivity contribution in [3.63, 3.8) is 0 Å². The molecule has 0 atom stereocenters. The molecule has 0 saturated carbocycles. The Hall–Kier alpha value is -0.810. The quantitative estimate of drug-likeness (QED) is 0.602. The third-order valence-corrected chi connectivity index (χ3v) is 5.23. The summed E-state index contributed by atoms with van der Waals surface area (Å²) in [6, 6.07) is 13.2. The van der Waals surface area contributed by atoms with Crippen LogP contribution in [0, 0.1) is 0 Å². The molecule has 120 valence electrons. The van der Waals surface area contributed by atoms with Crippen molar-refractivity contribution in [2.24, 2.45) is 4.99 Å². The van der Waals surface area contributed by atoms with Crippen molar-refractivity contribution in [3.05, 3.63) is 69.2 Å². The summed E-state index contributed by atoms with van der Waals surface area (Å²) >= 11 is 13.3. The van der Waals surface area contributed by atoms with Crippen LogP contribution in [0.2, 0.25) is 10.0 Å². The third kappa shape index (κ3) is 4.38. The predicted octanol–water partition coefficient (Wildman–Crippen LogP) is 5.49. The first-order valence-corrected chi connectivity index (χ1v) is 8.63. The SMILES string of the molecule is Br.O=C(CSC1=NCCc2ccccc21)c1ccc(Cl)c(Cl)c1. The van der Waals surface area contributed by atoms with E-state index in [9.17, 15) is 4.79 Å². The van der Waals surface area contributed by atoms with Crippen molar-refractivity contribution < 1.29 is 4.79 Å². The zero-order chi connectivity index (χ0) is 15.5. The summed E-state index contributed by atoms with van der Waals surface area (Å²) in [6.07, 6.45) is 0.959. The van der Waals surface area contributed by atoms with Gasteiger partial charge in [-0.2, -0.15) is 0 Å². The van der Waals surface area contributed by atoms with Crippen LogP contribution in [-0.2, 0) is 6.42 Å². The number of carbonyl (C=O) groups is 1. The van der Waals surface area contributed by atoms with Crippen molar-refractivity contribution in [3.8, 4) is 0 Å². The fraction of sp³-hybridized carbons (Fsp3) is 0.176. The molecule has 0 N–H and O–H groups in total. The normalized spacial score (nSPS) is 12.9. The number of aliphatic imine (C=N–C) groups is 1. The van der Waals surface area contributed by atoms with Gasteiger partial charge in [0.25, 0.3) is 0 Å². The van der Waals surface area contributed by atoms with Gasteiger partial charge < -0.3 is 0 Å². The summed E-state index contributed by atoms with van der Waals surface area (Å²) in [4.78, 5) is 16.8. The number of thioether (sulfide) groups is 1. The molecule has 2 aromatic carbocycles. The Morgan fingerprint density at radius 3 is 2.70 bits per heavy atom. The molecule has 1 heterocycles. The van der Waals surface area contributed by atoms with Crippen molar-refractivity contribution in [1.82, 2.24) is 0 Å². The fourth-order valence-corrected chi connectivity index (χ4v) is 3.59. The summed E-state index contributed by atoms with van der Waals surface area (Å²) in [6.45, 7) is 0.778. The number of ketones is 1. The van der Waals surface area contributed by atoms with Gasteiger partial charge in [0.05, 0.1) is 20.8 Å². The van der Waals surface area contributed by atoms with Crippen molar-refractivity contribution in [2.45, 2.75) is 6.42 Å². The first kappa shape index (κ1) is 18.5. The molecule has 0 saturated heterocycles. The lowest BCUT2D eigenvalue weighted by atomic mass is 10.0. The Balaban J connectivity index is 0.00000192. The zero-order valence-electron chi connectivity index (χ0n) is 12.1. The minimum atomic E-state index is 0. The number of benzene rings is 2. The monoisotopic (exact) mass is 429 g/mol. The van der Waals surface area contributed by atoms with Gasteiger partial charge in [-0.05, 0) is 30.2 Å². The number of hydrogen-bond acceptors (Lipinski definition) is 3. The molecule has 0 unspecified atom stereocenters. The highest BCUT2D eigenvalue weighted by atomic mass is 79.9. The van der Waals surface area contributed by atoms with E-state index >= 15 is 0 Å². The summed E-state index contributed by atoms with van der Waals surface area (Å²) < 4.78 is 0. The van der Waals surface area contributed by atoms with Crippen molar-refractivity contribution >= 4 is 62.8 Å². The molecule has 2 nitrogen and oxygen atoms in total. The van der Waals surface area contributed by atoms with Crippen LogP contribution in [-0.4, -0.2) is 23.1 Å². The molecule has 0 fully saturated rings. The van der Waals surface area contributed by atoms with Crippen molar-refractivity contribution in [2.75, 3.05) is 12.3 Å². The maximum absolute atomic E-state index is 12.3. The summed E-state index contributed by atoms with van der Waals surface area (Å²) in [5.74, 6) is 0.361.